The molecule has 1 aliphatic rings. The van der Waals surface area contributed by atoms with Crippen LogP contribution in [0.4, 0.5) is 13.2 Å². The van der Waals surface area contributed by atoms with Crippen LogP contribution in [0.1, 0.15) is 35.6 Å². The van der Waals surface area contributed by atoms with E-state index in [9.17, 15) is 18.0 Å². The van der Waals surface area contributed by atoms with E-state index in [0.717, 1.165) is 4.47 Å². The van der Waals surface area contributed by atoms with Crippen LogP contribution in [0.2, 0.25) is 0 Å². The van der Waals surface area contributed by atoms with Crippen LogP contribution < -0.4 is 14.8 Å². The zero-order chi connectivity index (χ0) is 29.5. The quantitative estimate of drug-likeness (QED) is 0.182. The molecular formula is C30H28BrF3N2O5. The van der Waals surface area contributed by atoms with E-state index in [4.69, 9.17) is 19.6 Å². The molecule has 4 rings (SSSR count). The van der Waals surface area contributed by atoms with Crippen molar-refractivity contribution in [3.05, 3.63) is 107 Å². The van der Waals surface area contributed by atoms with Gasteiger partial charge in [-0.05, 0) is 48.0 Å². The number of hydrogen-bond acceptors (Lipinski definition) is 6. The lowest BCUT2D eigenvalue weighted by Gasteiger charge is -2.30. The summed E-state index contributed by atoms with van der Waals surface area (Å²) < 4.78 is 54.1. The number of alkyl halides is 3. The Hall–Kier alpha value is -3.83. The molecule has 0 fully saturated rings. The third kappa shape index (κ3) is 7.47. The molecule has 11 heteroatoms. The number of nitrogens with one attached hydrogen (secondary N) is 1. The molecule has 2 N–H and O–H groups in total. The molecule has 0 saturated carbocycles. The van der Waals surface area contributed by atoms with Crippen LogP contribution in [0.3, 0.4) is 0 Å². The van der Waals surface area contributed by atoms with Crippen molar-refractivity contribution in [3.8, 4) is 11.5 Å². The third-order valence-corrected chi connectivity index (χ3v) is 7.01. The zero-order valence-corrected chi connectivity index (χ0v) is 23.5. The predicted octanol–water partition coefficient (Wildman–Crippen LogP) is 6.26. The fourth-order valence-electron chi connectivity index (χ4n) is 4.34. The minimum atomic E-state index is -4.79. The predicted molar refractivity (Wildman–Crippen MR) is 151 cm³/mol. The molecule has 2 atom stereocenters. The van der Waals surface area contributed by atoms with Gasteiger partial charge in [0.2, 0.25) is 5.90 Å². The number of aliphatic imine (C=N–C) groups is 1. The number of carbonyl (C=O) groups is 1. The first kappa shape index (κ1) is 30.1. The van der Waals surface area contributed by atoms with E-state index in [1.54, 1.807) is 30.3 Å². The molecule has 0 spiro atoms. The fourth-order valence-corrected chi connectivity index (χ4v) is 4.84. The summed E-state index contributed by atoms with van der Waals surface area (Å²) in [6, 6.07) is 19.7. The highest BCUT2D eigenvalue weighted by atomic mass is 79.9. The van der Waals surface area contributed by atoms with E-state index in [1.807, 2.05) is 24.3 Å². The minimum absolute atomic E-state index is 0.0321. The highest BCUT2D eigenvalue weighted by molar-refractivity contribution is 9.10. The van der Waals surface area contributed by atoms with E-state index < -0.39 is 23.9 Å². The Morgan fingerprint density at radius 3 is 2.41 bits per heavy atom. The third-order valence-electron chi connectivity index (χ3n) is 6.28. The van der Waals surface area contributed by atoms with Crippen LogP contribution in [0, 0.1) is 0 Å². The van der Waals surface area contributed by atoms with Crippen molar-refractivity contribution in [1.29, 1.82) is 0 Å². The Kier molecular flexibility index (Phi) is 9.72. The van der Waals surface area contributed by atoms with E-state index in [1.165, 1.54) is 24.3 Å². The van der Waals surface area contributed by atoms with Gasteiger partial charge in [0, 0.05) is 41.6 Å². The van der Waals surface area contributed by atoms with Crippen molar-refractivity contribution in [1.82, 2.24) is 5.32 Å². The molecule has 7 nitrogen and oxygen atoms in total. The Morgan fingerprint density at radius 2 is 1.78 bits per heavy atom. The first-order valence-corrected chi connectivity index (χ1v) is 13.5. The Bertz CT molecular complexity index is 1380. The standard InChI is InChI=1S/C30H28BrF3N2O5/c1-2-16-29(28(38)35-19-20-8-12-23(13-9-20)41-30(32,33)34)26(24-6-3-4-7-25(24)31)40-27(36-29)21-10-14-22(15-11-21)39-18-5-17-37/h2-4,6-15,26,37H,1,5,16-19H2,(H,35,38)/t26-,29-/m1/s1. The van der Waals surface area contributed by atoms with E-state index in [-0.39, 0.29) is 31.2 Å². The van der Waals surface area contributed by atoms with Crippen molar-refractivity contribution >= 4 is 27.7 Å². The summed E-state index contributed by atoms with van der Waals surface area (Å²) in [6.45, 7) is 4.29. The topological polar surface area (TPSA) is 89.4 Å². The number of hydrogen-bond donors (Lipinski definition) is 2. The van der Waals surface area contributed by atoms with Gasteiger partial charge >= 0.3 is 6.36 Å². The number of nitrogens with zero attached hydrogens (tertiary/aromatic N) is 1. The van der Waals surface area contributed by atoms with Gasteiger partial charge in [0.15, 0.2) is 11.6 Å². The van der Waals surface area contributed by atoms with Crippen molar-refractivity contribution in [2.75, 3.05) is 13.2 Å². The van der Waals surface area contributed by atoms with E-state index >= 15 is 0 Å². The molecule has 3 aromatic carbocycles. The smallest absolute Gasteiger partial charge is 0.494 e. The molecule has 216 valence electrons. The van der Waals surface area contributed by atoms with Gasteiger partial charge in [0.1, 0.15) is 11.5 Å². The molecule has 0 radical (unpaired) electrons. The SMILES string of the molecule is C=CC[C@@]1(C(=O)NCc2ccc(OC(F)(F)F)cc2)N=C(c2ccc(OCCCO)cc2)O[C@@H]1c1ccccc1Br. The molecule has 0 saturated heterocycles. The number of ether oxygens (including phenoxy) is 3. The van der Waals surface area contributed by atoms with Gasteiger partial charge in [0.25, 0.3) is 5.91 Å². The van der Waals surface area contributed by atoms with Crippen LogP contribution in [0.5, 0.6) is 11.5 Å². The maximum atomic E-state index is 13.9. The summed E-state index contributed by atoms with van der Waals surface area (Å²) in [7, 11) is 0. The molecule has 0 bridgehead atoms. The number of rotatable bonds is 12. The summed E-state index contributed by atoms with van der Waals surface area (Å²) in [5.41, 5.74) is 0.492. The molecule has 1 aliphatic heterocycles. The number of aliphatic hydroxyl groups excluding tert-OH is 1. The molecule has 41 heavy (non-hydrogen) atoms. The lowest BCUT2D eigenvalue weighted by molar-refractivity contribution is -0.274. The number of carbonyl (C=O) groups excluding carboxylic acids is 1. The molecule has 0 aromatic heterocycles. The maximum absolute atomic E-state index is 13.9. The van der Waals surface area contributed by atoms with E-state index in [0.29, 0.717) is 35.5 Å². The Labute approximate surface area is 243 Å². The monoisotopic (exact) mass is 632 g/mol. The van der Waals surface area contributed by atoms with Gasteiger partial charge in [-0.3, -0.25) is 4.79 Å². The van der Waals surface area contributed by atoms with Gasteiger partial charge < -0.3 is 24.6 Å². The van der Waals surface area contributed by atoms with Gasteiger partial charge in [0.05, 0.1) is 6.61 Å². The summed E-state index contributed by atoms with van der Waals surface area (Å²) in [4.78, 5) is 18.7. The first-order chi connectivity index (χ1) is 19.6. The average molecular weight is 633 g/mol. The summed E-state index contributed by atoms with van der Waals surface area (Å²) in [5.74, 6) is 0.0869. The summed E-state index contributed by atoms with van der Waals surface area (Å²) >= 11 is 3.56. The van der Waals surface area contributed by atoms with Crippen LogP contribution in [0.15, 0.2) is 94.9 Å². The van der Waals surface area contributed by atoms with Crippen LogP contribution >= 0.6 is 15.9 Å². The molecule has 1 amide bonds. The second-order valence-corrected chi connectivity index (χ2v) is 10.0. The van der Waals surface area contributed by atoms with Gasteiger partial charge in [-0.2, -0.15) is 0 Å². The summed E-state index contributed by atoms with van der Waals surface area (Å²) in [6.07, 6.45) is -3.35. The molecule has 1 heterocycles. The largest absolute Gasteiger partial charge is 0.573 e. The lowest BCUT2D eigenvalue weighted by Crippen LogP contribution is -2.47. The minimum Gasteiger partial charge on any atom is -0.494 e. The highest BCUT2D eigenvalue weighted by Gasteiger charge is 2.52. The second-order valence-electron chi connectivity index (χ2n) is 9.18. The average Bonchev–Trinajstić information content (AvgIpc) is 3.33. The number of amides is 1. The summed E-state index contributed by atoms with van der Waals surface area (Å²) in [5, 5.41) is 11.8. The van der Waals surface area contributed by atoms with Crippen molar-refractivity contribution in [3.63, 3.8) is 0 Å². The zero-order valence-electron chi connectivity index (χ0n) is 21.9. The molecule has 3 aromatic rings. The second kappa shape index (κ2) is 13.2. The number of benzene rings is 3. The van der Waals surface area contributed by atoms with E-state index in [2.05, 4.69) is 32.6 Å². The normalized spacial score (nSPS) is 18.3. The van der Waals surface area contributed by atoms with Crippen LogP contribution in [0.25, 0.3) is 0 Å². The van der Waals surface area contributed by atoms with Crippen molar-refractivity contribution in [2.24, 2.45) is 4.99 Å². The van der Waals surface area contributed by atoms with Gasteiger partial charge in [-0.1, -0.05) is 52.3 Å². The van der Waals surface area contributed by atoms with Crippen LogP contribution in [-0.4, -0.2) is 42.0 Å². The van der Waals surface area contributed by atoms with Crippen LogP contribution in [-0.2, 0) is 16.1 Å². The van der Waals surface area contributed by atoms with Crippen molar-refractivity contribution < 1.29 is 37.3 Å². The maximum Gasteiger partial charge on any atom is 0.573 e. The molecular weight excluding hydrogens is 605 g/mol. The first-order valence-electron chi connectivity index (χ1n) is 12.7. The fraction of sp³-hybridized carbons (Fsp3) is 0.267. The number of aliphatic hydroxyl groups is 1. The number of halogens is 4. The highest BCUT2D eigenvalue weighted by Crippen LogP contribution is 2.44. The Balaban J connectivity index is 1.61. The molecule has 0 unspecified atom stereocenters. The molecule has 0 aliphatic carbocycles. The van der Waals surface area contributed by atoms with Crippen molar-refractivity contribution in [2.45, 2.75) is 37.4 Å². The lowest BCUT2D eigenvalue weighted by atomic mass is 9.84. The van der Waals surface area contributed by atoms with Gasteiger partial charge in [-0.25, -0.2) is 4.99 Å². The Morgan fingerprint density at radius 1 is 1.10 bits per heavy atom. The van der Waals surface area contributed by atoms with Gasteiger partial charge in [-0.15, -0.1) is 19.8 Å².